The Morgan fingerprint density at radius 1 is 1.31 bits per heavy atom. The Labute approximate surface area is 87.5 Å². The number of hydrogen-bond donors (Lipinski definition) is 0. The molecule has 1 aromatic carbocycles. The molecule has 13 heavy (non-hydrogen) atoms. The Bertz CT molecular complexity index is 319. The van der Waals surface area contributed by atoms with E-state index in [2.05, 4.69) is 36.4 Å². The largest absolute Gasteiger partial charge is 0.497 e. The van der Waals surface area contributed by atoms with Crippen molar-refractivity contribution in [2.45, 2.75) is 13.8 Å². The lowest BCUT2D eigenvalue weighted by atomic mass is 10.0. The van der Waals surface area contributed by atoms with Crippen molar-refractivity contribution in [2.75, 3.05) is 7.11 Å². The molecule has 0 saturated carbocycles. The molecule has 0 unspecified atom stereocenters. The van der Waals surface area contributed by atoms with Gasteiger partial charge in [-0.3, -0.25) is 0 Å². The average Bonchev–Trinajstić information content (AvgIpc) is 2.02. The first-order valence-corrected chi connectivity index (χ1v) is 4.85. The Hall–Kier alpha value is -0.760. The second kappa shape index (κ2) is 3.97. The van der Waals surface area contributed by atoms with Gasteiger partial charge < -0.3 is 4.74 Å². The predicted molar refractivity (Wildman–Crippen MR) is 60.4 cm³/mol. The normalized spacial score (nSPS) is 9.85. The van der Waals surface area contributed by atoms with Crippen LogP contribution in [0.4, 0.5) is 0 Å². The number of benzene rings is 1. The highest BCUT2D eigenvalue weighted by atomic mass is 79.9. The zero-order valence-corrected chi connectivity index (χ0v) is 9.73. The van der Waals surface area contributed by atoms with Crippen LogP contribution in [0, 0.1) is 13.8 Å². The Balaban J connectivity index is 3.31. The predicted octanol–water partition coefficient (Wildman–Crippen LogP) is 3.68. The number of rotatable bonds is 2. The summed E-state index contributed by atoms with van der Waals surface area (Å²) in [5.74, 6) is 0.896. The summed E-state index contributed by atoms with van der Waals surface area (Å²) in [6, 6.07) is 4.02. The molecule has 0 N–H and O–H groups in total. The molecule has 0 saturated heterocycles. The number of ether oxygens (including phenoxy) is 1. The van der Waals surface area contributed by atoms with Gasteiger partial charge in [0.05, 0.1) is 7.11 Å². The lowest BCUT2D eigenvalue weighted by molar-refractivity contribution is 0.414. The molecule has 1 rings (SSSR count). The van der Waals surface area contributed by atoms with Crippen molar-refractivity contribution in [1.29, 1.82) is 0 Å². The highest BCUT2D eigenvalue weighted by molar-refractivity contribution is 9.15. The standard InChI is InChI=1S/C11H13BrO/c1-7-5-10(13-4)6-8(2)11(7)9(3)12/h5-6H,3H2,1-2,4H3. The molecule has 70 valence electrons. The average molecular weight is 241 g/mol. The van der Waals surface area contributed by atoms with E-state index in [0.717, 1.165) is 10.2 Å². The molecule has 0 heterocycles. The zero-order valence-electron chi connectivity index (χ0n) is 8.15. The van der Waals surface area contributed by atoms with E-state index in [4.69, 9.17) is 4.74 Å². The summed E-state index contributed by atoms with van der Waals surface area (Å²) >= 11 is 3.40. The first-order valence-electron chi connectivity index (χ1n) is 4.06. The maximum atomic E-state index is 5.17. The second-order valence-corrected chi connectivity index (χ2v) is 4.00. The minimum absolute atomic E-state index is 0.896. The van der Waals surface area contributed by atoms with Gasteiger partial charge in [0.15, 0.2) is 0 Å². The fourth-order valence-corrected chi connectivity index (χ4v) is 2.09. The smallest absolute Gasteiger partial charge is 0.119 e. The first-order chi connectivity index (χ1) is 6.06. The zero-order chi connectivity index (χ0) is 10.0. The highest BCUT2D eigenvalue weighted by Gasteiger charge is 2.06. The summed E-state index contributed by atoms with van der Waals surface area (Å²) in [6.45, 7) is 7.98. The molecule has 0 aliphatic rings. The van der Waals surface area contributed by atoms with Gasteiger partial charge in [0.2, 0.25) is 0 Å². The second-order valence-electron chi connectivity index (χ2n) is 3.04. The van der Waals surface area contributed by atoms with Gasteiger partial charge in [-0.25, -0.2) is 0 Å². The molecule has 0 fully saturated rings. The van der Waals surface area contributed by atoms with Crippen LogP contribution in [0.1, 0.15) is 16.7 Å². The number of halogens is 1. The molecule has 1 aromatic rings. The summed E-state index contributed by atoms with van der Waals surface area (Å²) in [5, 5.41) is 0. The maximum absolute atomic E-state index is 5.17. The molecule has 0 amide bonds. The van der Waals surface area contributed by atoms with Crippen LogP contribution in [0.3, 0.4) is 0 Å². The van der Waals surface area contributed by atoms with E-state index in [1.807, 2.05) is 12.1 Å². The van der Waals surface area contributed by atoms with Gasteiger partial charge in [0.25, 0.3) is 0 Å². The fourth-order valence-electron chi connectivity index (χ4n) is 1.47. The Morgan fingerprint density at radius 3 is 2.08 bits per heavy atom. The lowest BCUT2D eigenvalue weighted by Crippen LogP contribution is -1.91. The third-order valence-corrected chi connectivity index (χ3v) is 2.41. The third kappa shape index (κ3) is 2.13. The van der Waals surface area contributed by atoms with Crippen molar-refractivity contribution in [2.24, 2.45) is 0 Å². The van der Waals surface area contributed by atoms with E-state index in [9.17, 15) is 0 Å². The van der Waals surface area contributed by atoms with Crippen LogP contribution < -0.4 is 4.74 Å². The van der Waals surface area contributed by atoms with E-state index < -0.39 is 0 Å². The fraction of sp³-hybridized carbons (Fsp3) is 0.273. The van der Waals surface area contributed by atoms with Crippen molar-refractivity contribution >= 4 is 20.4 Å². The minimum atomic E-state index is 0.896. The van der Waals surface area contributed by atoms with E-state index in [1.54, 1.807) is 7.11 Å². The molecule has 0 bridgehead atoms. The quantitative estimate of drug-likeness (QED) is 0.767. The Kier molecular flexibility index (Phi) is 3.15. The molecule has 0 radical (unpaired) electrons. The summed E-state index contributed by atoms with van der Waals surface area (Å²) in [6.07, 6.45) is 0. The van der Waals surface area contributed by atoms with E-state index in [0.29, 0.717) is 0 Å². The van der Waals surface area contributed by atoms with Crippen LogP contribution in [0.2, 0.25) is 0 Å². The van der Waals surface area contributed by atoms with Gasteiger partial charge in [-0.15, -0.1) is 0 Å². The van der Waals surface area contributed by atoms with Gasteiger partial charge in [-0.1, -0.05) is 22.5 Å². The van der Waals surface area contributed by atoms with Crippen molar-refractivity contribution in [3.63, 3.8) is 0 Å². The van der Waals surface area contributed by atoms with E-state index in [-0.39, 0.29) is 0 Å². The van der Waals surface area contributed by atoms with Gasteiger partial charge in [-0.05, 0) is 42.7 Å². The summed E-state index contributed by atoms with van der Waals surface area (Å²) in [7, 11) is 1.68. The van der Waals surface area contributed by atoms with Crippen LogP contribution in [0.15, 0.2) is 18.7 Å². The van der Waals surface area contributed by atoms with E-state index in [1.165, 1.54) is 16.7 Å². The van der Waals surface area contributed by atoms with Crippen LogP contribution in [-0.2, 0) is 0 Å². The van der Waals surface area contributed by atoms with Gasteiger partial charge in [-0.2, -0.15) is 0 Å². The third-order valence-electron chi connectivity index (χ3n) is 2.01. The van der Waals surface area contributed by atoms with Gasteiger partial charge in [0, 0.05) is 4.48 Å². The minimum Gasteiger partial charge on any atom is -0.497 e. The molecular formula is C11H13BrO. The van der Waals surface area contributed by atoms with Crippen LogP contribution >= 0.6 is 15.9 Å². The van der Waals surface area contributed by atoms with Crippen molar-refractivity contribution in [3.8, 4) is 5.75 Å². The summed E-state index contributed by atoms with van der Waals surface area (Å²) in [4.78, 5) is 0. The van der Waals surface area contributed by atoms with Crippen LogP contribution in [0.5, 0.6) is 5.75 Å². The lowest BCUT2D eigenvalue weighted by Gasteiger charge is -2.10. The molecule has 1 nitrogen and oxygen atoms in total. The number of methoxy groups -OCH3 is 1. The Morgan fingerprint density at radius 2 is 1.77 bits per heavy atom. The van der Waals surface area contributed by atoms with Gasteiger partial charge >= 0.3 is 0 Å². The topological polar surface area (TPSA) is 9.23 Å². The number of aryl methyl sites for hydroxylation is 2. The van der Waals surface area contributed by atoms with Crippen molar-refractivity contribution in [3.05, 3.63) is 35.4 Å². The maximum Gasteiger partial charge on any atom is 0.119 e. The molecule has 0 spiro atoms. The molecule has 0 aliphatic carbocycles. The van der Waals surface area contributed by atoms with E-state index >= 15 is 0 Å². The monoisotopic (exact) mass is 240 g/mol. The van der Waals surface area contributed by atoms with Crippen LogP contribution in [0.25, 0.3) is 4.48 Å². The number of hydrogen-bond acceptors (Lipinski definition) is 1. The van der Waals surface area contributed by atoms with Gasteiger partial charge in [0.1, 0.15) is 5.75 Å². The highest BCUT2D eigenvalue weighted by Crippen LogP contribution is 2.29. The molecular weight excluding hydrogens is 228 g/mol. The molecule has 0 aromatic heterocycles. The SMILES string of the molecule is C=C(Br)c1c(C)cc(OC)cc1C. The molecule has 0 atom stereocenters. The summed E-state index contributed by atoms with van der Waals surface area (Å²) in [5.41, 5.74) is 3.53. The van der Waals surface area contributed by atoms with Crippen LogP contribution in [-0.4, -0.2) is 7.11 Å². The van der Waals surface area contributed by atoms with Crippen molar-refractivity contribution in [1.82, 2.24) is 0 Å². The molecule has 0 aliphatic heterocycles. The molecule has 2 heteroatoms. The summed E-state index contributed by atoms with van der Waals surface area (Å²) < 4.78 is 6.09. The first kappa shape index (κ1) is 10.3. The van der Waals surface area contributed by atoms with Crippen molar-refractivity contribution < 1.29 is 4.74 Å².